The summed E-state index contributed by atoms with van der Waals surface area (Å²) < 4.78 is 42.2. The lowest BCUT2D eigenvalue weighted by molar-refractivity contribution is -0.122. The Kier molecular flexibility index (Phi) is 6.81. The number of anilines is 2. The summed E-state index contributed by atoms with van der Waals surface area (Å²) in [6.45, 7) is 1.35. The summed E-state index contributed by atoms with van der Waals surface area (Å²) in [7, 11) is -4.14. The Labute approximate surface area is 197 Å². The van der Waals surface area contributed by atoms with Crippen LogP contribution in [0.25, 0.3) is 0 Å². The molecule has 180 valence electrons. The second kappa shape index (κ2) is 9.63. The molecule has 1 aliphatic heterocycles. The summed E-state index contributed by atoms with van der Waals surface area (Å²) >= 11 is 0. The van der Waals surface area contributed by atoms with Crippen LogP contribution in [-0.2, 0) is 24.4 Å². The van der Waals surface area contributed by atoms with E-state index < -0.39 is 39.7 Å². The van der Waals surface area contributed by atoms with Gasteiger partial charge in [0, 0.05) is 18.7 Å². The molecule has 2 aromatic rings. The molecule has 0 bridgehead atoms. The highest BCUT2D eigenvalue weighted by atomic mass is 32.2. The number of halogens is 1. The minimum absolute atomic E-state index is 0.0207. The van der Waals surface area contributed by atoms with E-state index in [1.165, 1.54) is 47.6 Å². The van der Waals surface area contributed by atoms with Gasteiger partial charge in [-0.15, -0.1) is 0 Å². The van der Waals surface area contributed by atoms with E-state index in [4.69, 9.17) is 0 Å². The maximum atomic E-state index is 13.8. The fourth-order valence-corrected chi connectivity index (χ4v) is 6.49. The zero-order valence-corrected chi connectivity index (χ0v) is 19.6. The smallest absolute Gasteiger partial charge is 0.252 e. The maximum absolute atomic E-state index is 13.8. The van der Waals surface area contributed by atoms with Crippen LogP contribution >= 0.6 is 0 Å². The summed E-state index contributed by atoms with van der Waals surface area (Å²) in [4.78, 5) is 38.4. The summed E-state index contributed by atoms with van der Waals surface area (Å²) in [6.07, 6.45) is 3.55. The van der Waals surface area contributed by atoms with E-state index in [9.17, 15) is 27.2 Å². The normalized spacial score (nSPS) is 19.6. The number of amides is 3. The van der Waals surface area contributed by atoms with Crippen LogP contribution in [0.1, 0.15) is 45.4 Å². The molecule has 1 aliphatic carbocycles. The van der Waals surface area contributed by atoms with Gasteiger partial charge in [-0.05, 0) is 61.4 Å². The van der Waals surface area contributed by atoms with Gasteiger partial charge in [-0.1, -0.05) is 19.3 Å². The highest BCUT2D eigenvalue weighted by Crippen LogP contribution is 2.35. The molecular formula is C24H26FN3O5S. The average molecular weight is 488 g/mol. The molecule has 1 saturated carbocycles. The molecule has 1 N–H and O–H groups in total. The fraction of sp³-hybridized carbons (Fsp3) is 0.375. The van der Waals surface area contributed by atoms with Crippen LogP contribution in [0, 0.1) is 5.82 Å². The Morgan fingerprint density at radius 3 is 2.21 bits per heavy atom. The van der Waals surface area contributed by atoms with Crippen LogP contribution in [0.5, 0.6) is 0 Å². The minimum Gasteiger partial charge on any atom is -0.326 e. The highest BCUT2D eigenvalue weighted by molar-refractivity contribution is 7.89. The molecule has 1 atom stereocenters. The Bertz CT molecular complexity index is 1190. The molecule has 1 saturated heterocycles. The predicted octanol–water partition coefficient (Wildman–Crippen LogP) is 3.44. The van der Waals surface area contributed by atoms with E-state index in [2.05, 4.69) is 5.32 Å². The number of imide groups is 1. The van der Waals surface area contributed by atoms with E-state index in [-0.39, 0.29) is 22.9 Å². The first kappa shape index (κ1) is 24.0. The van der Waals surface area contributed by atoms with Gasteiger partial charge >= 0.3 is 0 Å². The number of rotatable bonds is 6. The molecule has 10 heteroatoms. The summed E-state index contributed by atoms with van der Waals surface area (Å²) in [5, 5.41) is 2.59. The predicted molar refractivity (Wildman–Crippen MR) is 124 cm³/mol. The third kappa shape index (κ3) is 4.74. The molecule has 0 spiro atoms. The number of carbonyl (C=O) groups is 3. The minimum atomic E-state index is -4.14. The van der Waals surface area contributed by atoms with E-state index in [0.717, 1.165) is 36.3 Å². The molecule has 1 unspecified atom stereocenters. The number of nitrogens with one attached hydrogen (secondary N) is 1. The average Bonchev–Trinajstić information content (AvgIpc) is 3.08. The standard InChI is InChI=1S/C24H26FN3O5S/c1-16(29)26-18-9-13-21(14-10-18)34(32,33)28(20-5-3-2-4-6-20)22-15-23(30)27(24(22)31)19-11-7-17(25)8-12-19/h7-14,20,22H,2-6,15H2,1H3,(H,26,29). The third-order valence-corrected chi connectivity index (χ3v) is 8.18. The molecule has 8 nitrogen and oxygen atoms in total. The van der Waals surface area contributed by atoms with Crippen molar-refractivity contribution in [2.24, 2.45) is 0 Å². The van der Waals surface area contributed by atoms with Crippen LogP contribution in [-0.4, -0.2) is 42.5 Å². The molecular weight excluding hydrogens is 461 g/mol. The van der Waals surface area contributed by atoms with Gasteiger partial charge in [-0.3, -0.25) is 14.4 Å². The van der Waals surface area contributed by atoms with Gasteiger partial charge in [0.1, 0.15) is 11.9 Å². The molecule has 4 rings (SSSR count). The van der Waals surface area contributed by atoms with Gasteiger partial charge in [0.15, 0.2) is 0 Å². The zero-order chi connectivity index (χ0) is 24.5. The number of hydrogen-bond acceptors (Lipinski definition) is 5. The fourth-order valence-electron chi connectivity index (χ4n) is 4.67. The van der Waals surface area contributed by atoms with Crippen molar-refractivity contribution in [1.29, 1.82) is 0 Å². The van der Waals surface area contributed by atoms with Gasteiger partial charge < -0.3 is 5.32 Å². The van der Waals surface area contributed by atoms with Gasteiger partial charge in [0.05, 0.1) is 17.0 Å². The molecule has 2 aliphatic rings. The van der Waals surface area contributed by atoms with Gasteiger partial charge in [-0.2, -0.15) is 4.31 Å². The first-order chi connectivity index (χ1) is 16.2. The van der Waals surface area contributed by atoms with Gasteiger partial charge in [0.25, 0.3) is 5.91 Å². The molecule has 3 amide bonds. The van der Waals surface area contributed by atoms with Crippen LogP contribution in [0.3, 0.4) is 0 Å². The van der Waals surface area contributed by atoms with Crippen molar-refractivity contribution in [3.63, 3.8) is 0 Å². The van der Waals surface area contributed by atoms with E-state index in [1.54, 1.807) is 0 Å². The number of hydrogen-bond donors (Lipinski definition) is 1. The molecule has 34 heavy (non-hydrogen) atoms. The van der Waals surface area contributed by atoms with Crippen LogP contribution in [0.4, 0.5) is 15.8 Å². The lowest BCUT2D eigenvalue weighted by atomic mass is 9.94. The van der Waals surface area contributed by atoms with E-state index in [0.29, 0.717) is 18.5 Å². The number of carbonyl (C=O) groups excluding carboxylic acids is 3. The van der Waals surface area contributed by atoms with Gasteiger partial charge in [-0.25, -0.2) is 17.7 Å². The SMILES string of the molecule is CC(=O)Nc1ccc(S(=O)(=O)N(C2CCCCC2)C2CC(=O)N(c3ccc(F)cc3)C2=O)cc1. The molecule has 0 aromatic heterocycles. The van der Waals surface area contributed by atoms with Crippen molar-refractivity contribution < 1.29 is 27.2 Å². The largest absolute Gasteiger partial charge is 0.326 e. The Balaban J connectivity index is 1.70. The third-order valence-electron chi connectivity index (χ3n) is 6.20. The van der Waals surface area contributed by atoms with E-state index in [1.807, 2.05) is 0 Å². The molecule has 0 radical (unpaired) electrons. The van der Waals surface area contributed by atoms with Crippen molar-refractivity contribution >= 4 is 39.1 Å². The second-order valence-corrected chi connectivity index (χ2v) is 10.4. The quantitative estimate of drug-likeness (QED) is 0.629. The number of nitrogens with zero attached hydrogens (tertiary/aromatic N) is 2. The topological polar surface area (TPSA) is 104 Å². The molecule has 2 fully saturated rings. The Morgan fingerprint density at radius 1 is 1.00 bits per heavy atom. The lowest BCUT2D eigenvalue weighted by Gasteiger charge is -2.36. The number of benzene rings is 2. The van der Waals surface area contributed by atoms with Crippen molar-refractivity contribution in [1.82, 2.24) is 4.31 Å². The maximum Gasteiger partial charge on any atom is 0.252 e. The van der Waals surface area contributed by atoms with Crippen molar-refractivity contribution in [3.05, 3.63) is 54.3 Å². The number of sulfonamides is 1. The van der Waals surface area contributed by atoms with Crippen LogP contribution in [0.15, 0.2) is 53.4 Å². The highest BCUT2D eigenvalue weighted by Gasteiger charge is 2.49. The van der Waals surface area contributed by atoms with Crippen molar-refractivity contribution in [2.75, 3.05) is 10.2 Å². The second-order valence-electron chi connectivity index (χ2n) is 8.60. The van der Waals surface area contributed by atoms with Crippen molar-refractivity contribution in [3.8, 4) is 0 Å². The zero-order valence-electron chi connectivity index (χ0n) is 18.7. The summed E-state index contributed by atoms with van der Waals surface area (Å²) in [6, 6.07) is 9.10. The summed E-state index contributed by atoms with van der Waals surface area (Å²) in [5.74, 6) is -1.96. The van der Waals surface area contributed by atoms with Crippen LogP contribution in [0.2, 0.25) is 0 Å². The Morgan fingerprint density at radius 2 is 1.62 bits per heavy atom. The monoisotopic (exact) mass is 487 g/mol. The van der Waals surface area contributed by atoms with Crippen molar-refractivity contribution in [2.45, 2.75) is 62.4 Å². The summed E-state index contributed by atoms with van der Waals surface area (Å²) in [5.41, 5.74) is 0.657. The Hall–Kier alpha value is -3.11. The first-order valence-electron chi connectivity index (χ1n) is 11.2. The molecule has 2 aromatic carbocycles. The van der Waals surface area contributed by atoms with Gasteiger partial charge in [0.2, 0.25) is 21.8 Å². The first-order valence-corrected chi connectivity index (χ1v) is 12.7. The van der Waals surface area contributed by atoms with Crippen LogP contribution < -0.4 is 10.2 Å². The van der Waals surface area contributed by atoms with E-state index >= 15 is 0 Å². The molecule has 1 heterocycles. The lowest BCUT2D eigenvalue weighted by Crippen LogP contribution is -2.51.